The quantitative estimate of drug-likeness (QED) is 0.311. The van der Waals surface area contributed by atoms with Crippen molar-refractivity contribution in [3.63, 3.8) is 0 Å². The number of carboxylic acids is 1. The van der Waals surface area contributed by atoms with E-state index in [1.807, 2.05) is 0 Å². The number of aliphatic carboxylic acids is 1. The van der Waals surface area contributed by atoms with Gasteiger partial charge in [0.1, 0.15) is 0 Å². The van der Waals surface area contributed by atoms with Crippen LogP contribution in [0.15, 0.2) is 11.6 Å². The van der Waals surface area contributed by atoms with Crippen LogP contribution in [0.5, 0.6) is 0 Å². The van der Waals surface area contributed by atoms with E-state index < -0.39 is 21.3 Å². The van der Waals surface area contributed by atoms with Crippen molar-refractivity contribution in [3.8, 4) is 0 Å². The van der Waals surface area contributed by atoms with Crippen LogP contribution >= 0.6 is 0 Å². The van der Waals surface area contributed by atoms with Gasteiger partial charge in [-0.1, -0.05) is 13.0 Å². The van der Waals surface area contributed by atoms with Crippen molar-refractivity contribution in [1.82, 2.24) is 0 Å². The zero-order chi connectivity index (χ0) is 11.4. The van der Waals surface area contributed by atoms with Crippen LogP contribution < -0.4 is 34.7 Å². The Morgan fingerprint density at radius 1 is 1.53 bits per heavy atom. The van der Waals surface area contributed by atoms with Crippen molar-refractivity contribution in [3.05, 3.63) is 11.6 Å². The molecule has 0 aromatic rings. The largest absolute Gasteiger partial charge is 1.00 e. The van der Waals surface area contributed by atoms with E-state index in [1.165, 1.54) is 13.0 Å². The van der Waals surface area contributed by atoms with E-state index in [0.717, 1.165) is 0 Å². The third-order valence-corrected chi connectivity index (χ3v) is 3.25. The standard InChI is InChI=1S/C8H14O5S.Na/c1-3-7(14(11,12)13)5-4-6(2)8(9)10;/h4,7H,3,5H2,1-2H3,(H,9,10)(H,11,12,13);/q;+1/p-1. The SMILES string of the molecule is CCC(CC=C(C)C(=O)[O-])S(=O)(=O)O.[Na+]. The summed E-state index contributed by atoms with van der Waals surface area (Å²) < 4.78 is 30.1. The molecule has 1 atom stereocenters. The number of carboxylic acid groups (broad SMARTS) is 1. The van der Waals surface area contributed by atoms with Gasteiger partial charge in [-0.25, -0.2) is 0 Å². The molecule has 0 heterocycles. The molecule has 0 bridgehead atoms. The molecule has 0 fully saturated rings. The maximum atomic E-state index is 10.7. The third kappa shape index (κ3) is 7.08. The zero-order valence-corrected chi connectivity index (χ0v) is 11.9. The maximum absolute atomic E-state index is 10.7. The molecule has 0 aliphatic rings. The minimum atomic E-state index is -4.09. The van der Waals surface area contributed by atoms with Crippen molar-refractivity contribution in [2.24, 2.45) is 0 Å². The molecule has 0 radical (unpaired) electrons. The average Bonchev–Trinajstić information content (AvgIpc) is 2.02. The Balaban J connectivity index is 0. The van der Waals surface area contributed by atoms with Gasteiger partial charge in [0.2, 0.25) is 0 Å². The normalized spacial score (nSPS) is 14.2. The Kier molecular flexibility index (Phi) is 8.64. The Labute approximate surface area is 112 Å². The van der Waals surface area contributed by atoms with Gasteiger partial charge in [0.05, 0.1) is 11.2 Å². The molecule has 0 aliphatic heterocycles. The van der Waals surface area contributed by atoms with Gasteiger partial charge in [0.15, 0.2) is 0 Å². The predicted octanol–water partition coefficient (Wildman–Crippen LogP) is -3.26. The van der Waals surface area contributed by atoms with Gasteiger partial charge in [-0.15, -0.1) is 0 Å². The Bertz CT molecular complexity index is 333. The average molecular weight is 244 g/mol. The molecule has 5 nitrogen and oxygen atoms in total. The molecule has 0 saturated heterocycles. The molecular weight excluding hydrogens is 231 g/mol. The maximum Gasteiger partial charge on any atom is 1.00 e. The summed E-state index contributed by atoms with van der Waals surface area (Å²) in [5, 5.41) is 9.31. The Hall–Kier alpha value is 0.120. The van der Waals surface area contributed by atoms with E-state index in [2.05, 4.69) is 0 Å². The van der Waals surface area contributed by atoms with Crippen LogP contribution in [-0.4, -0.2) is 24.2 Å². The molecule has 0 spiro atoms. The number of hydrogen-bond acceptors (Lipinski definition) is 4. The first-order valence-electron chi connectivity index (χ1n) is 4.13. The molecule has 0 amide bonds. The van der Waals surface area contributed by atoms with Crippen LogP contribution in [0.3, 0.4) is 0 Å². The molecule has 82 valence electrons. The minimum absolute atomic E-state index is 0. The van der Waals surface area contributed by atoms with E-state index in [-0.39, 0.29) is 48.0 Å². The van der Waals surface area contributed by atoms with Gasteiger partial charge >= 0.3 is 29.6 Å². The van der Waals surface area contributed by atoms with E-state index in [1.54, 1.807) is 6.92 Å². The molecule has 0 saturated carbocycles. The van der Waals surface area contributed by atoms with Crippen LogP contribution in [0.1, 0.15) is 26.7 Å². The van der Waals surface area contributed by atoms with E-state index >= 15 is 0 Å². The molecule has 1 N–H and O–H groups in total. The molecule has 7 heteroatoms. The monoisotopic (exact) mass is 244 g/mol. The number of hydrogen-bond donors (Lipinski definition) is 1. The first-order valence-corrected chi connectivity index (χ1v) is 5.63. The van der Waals surface area contributed by atoms with E-state index in [9.17, 15) is 18.3 Å². The van der Waals surface area contributed by atoms with Crippen LogP contribution in [-0.2, 0) is 14.9 Å². The van der Waals surface area contributed by atoms with Gasteiger partial charge in [-0.2, -0.15) is 8.42 Å². The summed E-state index contributed by atoms with van der Waals surface area (Å²) >= 11 is 0. The molecule has 0 aromatic heterocycles. The van der Waals surface area contributed by atoms with E-state index in [0.29, 0.717) is 0 Å². The van der Waals surface area contributed by atoms with Gasteiger partial charge in [0.25, 0.3) is 10.1 Å². The van der Waals surface area contributed by atoms with Gasteiger partial charge in [0, 0.05) is 0 Å². The fourth-order valence-electron chi connectivity index (χ4n) is 0.890. The van der Waals surface area contributed by atoms with Crippen LogP contribution in [0.25, 0.3) is 0 Å². The van der Waals surface area contributed by atoms with Gasteiger partial charge < -0.3 is 9.90 Å². The number of allylic oxidation sites excluding steroid dienone is 1. The first-order chi connectivity index (χ1) is 6.29. The summed E-state index contributed by atoms with van der Waals surface area (Å²) in [5.41, 5.74) is -0.0351. The second-order valence-corrected chi connectivity index (χ2v) is 4.65. The number of rotatable bonds is 5. The van der Waals surface area contributed by atoms with Crippen molar-refractivity contribution >= 4 is 16.1 Å². The molecule has 1 unspecified atom stereocenters. The smallest absolute Gasteiger partial charge is 0.545 e. The molecular formula is C8H13NaO5S. The second-order valence-electron chi connectivity index (χ2n) is 2.96. The fraction of sp³-hybridized carbons (Fsp3) is 0.625. The summed E-state index contributed by atoms with van der Waals surface area (Å²) in [4.78, 5) is 10.3. The second kappa shape index (κ2) is 7.40. The van der Waals surface area contributed by atoms with Crippen molar-refractivity contribution in [1.29, 1.82) is 0 Å². The molecule has 0 aromatic carbocycles. The number of carbonyl (C=O) groups is 1. The predicted molar refractivity (Wildman–Crippen MR) is 49.0 cm³/mol. The minimum Gasteiger partial charge on any atom is -0.545 e. The Morgan fingerprint density at radius 3 is 2.27 bits per heavy atom. The van der Waals surface area contributed by atoms with Crippen molar-refractivity contribution in [2.45, 2.75) is 31.9 Å². The summed E-state index contributed by atoms with van der Waals surface area (Å²) in [6, 6.07) is 0. The summed E-state index contributed by atoms with van der Waals surface area (Å²) in [6.07, 6.45) is 1.45. The fourth-order valence-corrected chi connectivity index (χ4v) is 1.65. The van der Waals surface area contributed by atoms with Crippen LogP contribution in [0.4, 0.5) is 0 Å². The van der Waals surface area contributed by atoms with Gasteiger partial charge in [-0.05, 0) is 25.3 Å². The molecule has 0 rings (SSSR count). The number of carbonyl (C=O) groups excluding carboxylic acids is 1. The summed E-state index contributed by atoms with van der Waals surface area (Å²) in [7, 11) is -4.09. The van der Waals surface area contributed by atoms with Crippen LogP contribution in [0.2, 0.25) is 0 Å². The summed E-state index contributed by atoms with van der Waals surface area (Å²) in [6.45, 7) is 2.91. The summed E-state index contributed by atoms with van der Waals surface area (Å²) in [5.74, 6) is -1.34. The van der Waals surface area contributed by atoms with Crippen LogP contribution in [0, 0.1) is 0 Å². The first kappa shape index (κ1) is 17.5. The van der Waals surface area contributed by atoms with Crippen molar-refractivity contribution in [2.75, 3.05) is 0 Å². The topological polar surface area (TPSA) is 94.5 Å². The van der Waals surface area contributed by atoms with E-state index in [4.69, 9.17) is 4.55 Å². The zero-order valence-electron chi connectivity index (χ0n) is 9.06. The van der Waals surface area contributed by atoms with Gasteiger partial charge in [-0.3, -0.25) is 4.55 Å². The Morgan fingerprint density at radius 2 is 2.00 bits per heavy atom. The molecule has 15 heavy (non-hydrogen) atoms. The third-order valence-electron chi connectivity index (χ3n) is 1.89. The van der Waals surface area contributed by atoms with Crippen molar-refractivity contribution < 1.29 is 52.4 Å². The molecule has 0 aliphatic carbocycles.